The summed E-state index contributed by atoms with van der Waals surface area (Å²) in [5.41, 5.74) is 0.290. The maximum Gasteiger partial charge on any atom is 0.311 e. The summed E-state index contributed by atoms with van der Waals surface area (Å²) in [6.07, 6.45) is 1.54. The van der Waals surface area contributed by atoms with Crippen LogP contribution in [0.1, 0.15) is 5.69 Å². The van der Waals surface area contributed by atoms with Crippen LogP contribution >= 0.6 is 11.3 Å². The third-order valence-electron chi connectivity index (χ3n) is 2.78. The van der Waals surface area contributed by atoms with Gasteiger partial charge in [0.15, 0.2) is 16.5 Å². The average Bonchev–Trinajstić information content (AvgIpc) is 3.16. The fraction of sp³-hybridized carbons (Fsp3) is 0.0714. The number of thiazole rings is 1. The molecule has 0 unspecified atom stereocenters. The standard InChI is InChI=1S/C14H9FN2O4S/c15-9-3-4-11(17(18)19)13(6-9)21-7-10-8-22-14(16-10)12-2-1-5-20-12/h1-6,8H,7H2. The van der Waals surface area contributed by atoms with Crippen LogP contribution in [0, 0.1) is 15.9 Å². The Kier molecular flexibility index (Phi) is 3.84. The second-order valence-electron chi connectivity index (χ2n) is 4.28. The largest absolute Gasteiger partial charge is 0.480 e. The van der Waals surface area contributed by atoms with Crippen molar-refractivity contribution in [1.82, 2.24) is 4.98 Å². The quantitative estimate of drug-likeness (QED) is 0.524. The van der Waals surface area contributed by atoms with Crippen molar-refractivity contribution in [2.45, 2.75) is 6.61 Å². The number of rotatable bonds is 5. The Bertz CT molecular complexity index is 801. The predicted octanol–water partition coefficient (Wildman–Crippen LogP) is 4.03. The van der Waals surface area contributed by atoms with Gasteiger partial charge in [-0.3, -0.25) is 10.1 Å². The molecule has 6 nitrogen and oxygen atoms in total. The molecule has 0 radical (unpaired) electrons. The monoisotopic (exact) mass is 320 g/mol. The molecule has 2 aromatic heterocycles. The highest BCUT2D eigenvalue weighted by Gasteiger charge is 2.16. The van der Waals surface area contributed by atoms with E-state index in [1.165, 1.54) is 11.3 Å². The van der Waals surface area contributed by atoms with Crippen molar-refractivity contribution in [3.8, 4) is 16.5 Å². The highest BCUT2D eigenvalue weighted by atomic mass is 32.1. The van der Waals surface area contributed by atoms with Crippen LogP contribution in [0.25, 0.3) is 10.8 Å². The third kappa shape index (κ3) is 2.96. The van der Waals surface area contributed by atoms with Gasteiger partial charge in [0.1, 0.15) is 12.4 Å². The van der Waals surface area contributed by atoms with E-state index in [1.807, 2.05) is 0 Å². The summed E-state index contributed by atoms with van der Waals surface area (Å²) in [6, 6.07) is 6.60. The number of ether oxygens (including phenoxy) is 1. The lowest BCUT2D eigenvalue weighted by molar-refractivity contribution is -0.386. The average molecular weight is 320 g/mol. The number of furan rings is 1. The van der Waals surface area contributed by atoms with E-state index in [4.69, 9.17) is 9.15 Å². The summed E-state index contributed by atoms with van der Waals surface area (Å²) in [4.78, 5) is 14.6. The summed E-state index contributed by atoms with van der Waals surface area (Å²) in [7, 11) is 0. The van der Waals surface area contributed by atoms with E-state index in [-0.39, 0.29) is 18.0 Å². The minimum absolute atomic E-state index is 0.00149. The number of benzene rings is 1. The van der Waals surface area contributed by atoms with E-state index in [1.54, 1.807) is 23.8 Å². The topological polar surface area (TPSA) is 78.4 Å². The van der Waals surface area contributed by atoms with Crippen LogP contribution in [0.5, 0.6) is 5.75 Å². The minimum Gasteiger partial charge on any atom is -0.480 e. The van der Waals surface area contributed by atoms with E-state index in [9.17, 15) is 14.5 Å². The molecular weight excluding hydrogens is 311 g/mol. The molecule has 2 heterocycles. The number of nitrogens with zero attached hydrogens (tertiary/aromatic N) is 2. The van der Waals surface area contributed by atoms with Gasteiger partial charge in [-0.05, 0) is 18.2 Å². The highest BCUT2D eigenvalue weighted by Crippen LogP contribution is 2.29. The molecule has 0 amide bonds. The molecule has 3 aromatic rings. The summed E-state index contributed by atoms with van der Waals surface area (Å²) in [6.45, 7) is 0.00149. The van der Waals surface area contributed by atoms with E-state index in [2.05, 4.69) is 4.98 Å². The fourth-order valence-corrected chi connectivity index (χ4v) is 2.56. The summed E-state index contributed by atoms with van der Waals surface area (Å²) in [5, 5.41) is 13.3. The molecule has 0 bridgehead atoms. The molecule has 3 rings (SSSR count). The van der Waals surface area contributed by atoms with E-state index in [0.717, 1.165) is 18.2 Å². The number of hydrogen-bond acceptors (Lipinski definition) is 6. The van der Waals surface area contributed by atoms with Crippen molar-refractivity contribution >= 4 is 17.0 Å². The number of halogens is 1. The van der Waals surface area contributed by atoms with E-state index in [0.29, 0.717) is 16.5 Å². The molecule has 112 valence electrons. The Balaban J connectivity index is 1.76. The first kappa shape index (κ1) is 14.2. The molecule has 0 aliphatic rings. The molecule has 0 N–H and O–H groups in total. The van der Waals surface area contributed by atoms with Crippen molar-refractivity contribution in [3.63, 3.8) is 0 Å². The zero-order chi connectivity index (χ0) is 15.5. The van der Waals surface area contributed by atoms with Gasteiger partial charge in [0, 0.05) is 17.5 Å². The number of aromatic nitrogens is 1. The second kappa shape index (κ2) is 5.94. The Morgan fingerprint density at radius 3 is 3.00 bits per heavy atom. The summed E-state index contributed by atoms with van der Waals surface area (Å²) >= 11 is 1.36. The Hall–Kier alpha value is -2.74. The molecule has 22 heavy (non-hydrogen) atoms. The Labute approximate surface area is 127 Å². The molecule has 0 saturated heterocycles. The molecule has 0 spiro atoms. The molecule has 0 atom stereocenters. The highest BCUT2D eigenvalue weighted by molar-refractivity contribution is 7.13. The van der Waals surface area contributed by atoms with Crippen molar-refractivity contribution in [2.24, 2.45) is 0 Å². The van der Waals surface area contributed by atoms with E-state index >= 15 is 0 Å². The smallest absolute Gasteiger partial charge is 0.311 e. The second-order valence-corrected chi connectivity index (χ2v) is 5.14. The molecule has 0 aliphatic carbocycles. The molecule has 8 heteroatoms. The lowest BCUT2D eigenvalue weighted by atomic mass is 10.3. The first-order valence-corrected chi connectivity index (χ1v) is 7.06. The van der Waals surface area contributed by atoms with Crippen LogP contribution in [-0.2, 0) is 6.61 Å². The molecule has 0 aliphatic heterocycles. The van der Waals surface area contributed by atoms with Gasteiger partial charge in [0.25, 0.3) is 0 Å². The first-order chi connectivity index (χ1) is 10.6. The SMILES string of the molecule is O=[N+]([O-])c1ccc(F)cc1OCc1csc(-c2ccco2)n1. The Morgan fingerprint density at radius 1 is 1.41 bits per heavy atom. The molecule has 0 fully saturated rings. The summed E-state index contributed by atoms with van der Waals surface area (Å²) in [5.74, 6) is -0.0966. The van der Waals surface area contributed by atoms with Crippen molar-refractivity contribution in [1.29, 1.82) is 0 Å². The normalized spacial score (nSPS) is 10.6. The zero-order valence-corrected chi connectivity index (χ0v) is 11.9. The Morgan fingerprint density at radius 2 is 2.27 bits per heavy atom. The van der Waals surface area contributed by atoms with Crippen molar-refractivity contribution in [2.75, 3.05) is 0 Å². The van der Waals surface area contributed by atoms with Gasteiger partial charge in [-0.2, -0.15) is 0 Å². The third-order valence-corrected chi connectivity index (χ3v) is 3.68. The van der Waals surface area contributed by atoms with Crippen LogP contribution in [0.15, 0.2) is 46.4 Å². The minimum atomic E-state index is -0.621. The van der Waals surface area contributed by atoms with Crippen LogP contribution in [0.3, 0.4) is 0 Å². The van der Waals surface area contributed by atoms with Crippen LogP contribution in [-0.4, -0.2) is 9.91 Å². The molecular formula is C14H9FN2O4S. The maximum atomic E-state index is 13.2. The predicted molar refractivity (Wildman–Crippen MR) is 77.2 cm³/mol. The number of nitro benzene ring substituents is 1. The van der Waals surface area contributed by atoms with Gasteiger partial charge >= 0.3 is 5.69 Å². The maximum absolute atomic E-state index is 13.2. The van der Waals surface area contributed by atoms with Crippen LogP contribution in [0.2, 0.25) is 0 Å². The van der Waals surface area contributed by atoms with Gasteiger partial charge < -0.3 is 9.15 Å². The lowest BCUT2D eigenvalue weighted by Gasteiger charge is -2.05. The number of hydrogen-bond donors (Lipinski definition) is 0. The zero-order valence-electron chi connectivity index (χ0n) is 11.1. The number of nitro groups is 1. The fourth-order valence-electron chi connectivity index (χ4n) is 1.79. The van der Waals surface area contributed by atoms with E-state index < -0.39 is 10.7 Å². The van der Waals surface area contributed by atoms with Gasteiger partial charge in [0.2, 0.25) is 0 Å². The van der Waals surface area contributed by atoms with Gasteiger partial charge in [0.05, 0.1) is 16.9 Å². The molecule has 1 aromatic carbocycles. The van der Waals surface area contributed by atoms with Gasteiger partial charge in [-0.1, -0.05) is 0 Å². The van der Waals surface area contributed by atoms with Crippen molar-refractivity contribution < 1.29 is 18.5 Å². The van der Waals surface area contributed by atoms with Crippen LogP contribution in [0.4, 0.5) is 10.1 Å². The van der Waals surface area contributed by atoms with Crippen LogP contribution < -0.4 is 4.74 Å². The van der Waals surface area contributed by atoms with Crippen molar-refractivity contribution in [3.05, 3.63) is 63.6 Å². The summed E-state index contributed by atoms with van der Waals surface area (Å²) < 4.78 is 23.8. The van der Waals surface area contributed by atoms with Gasteiger partial charge in [-0.25, -0.2) is 9.37 Å². The molecule has 0 saturated carbocycles. The van der Waals surface area contributed by atoms with Gasteiger partial charge in [-0.15, -0.1) is 11.3 Å². The lowest BCUT2D eigenvalue weighted by Crippen LogP contribution is -2.00. The first-order valence-electron chi connectivity index (χ1n) is 6.18.